The average Bonchev–Trinajstić information content (AvgIpc) is 3.36. The number of hydrogen-bond acceptors (Lipinski definition) is 5. The van der Waals surface area contributed by atoms with E-state index in [9.17, 15) is 19.2 Å². The lowest BCUT2D eigenvalue weighted by molar-refractivity contribution is -0.138. The highest BCUT2D eigenvalue weighted by atomic mass is 16.4. The molecule has 208 valence electrons. The van der Waals surface area contributed by atoms with Crippen LogP contribution in [0.5, 0.6) is 0 Å². The lowest BCUT2D eigenvalue weighted by Crippen LogP contribution is -2.64. The number of carboxylic acid groups (broad SMARTS) is 1. The first-order valence-corrected chi connectivity index (χ1v) is 13.9. The van der Waals surface area contributed by atoms with Crippen LogP contribution in [0.3, 0.4) is 0 Å². The number of Topliss-reactive ketones (excluding diaryl/α,β-unsaturated/α-hetero) is 1. The van der Waals surface area contributed by atoms with E-state index >= 15 is 0 Å². The number of benzene rings is 3. The third kappa shape index (κ3) is 5.11. The molecule has 1 aromatic heterocycles. The summed E-state index contributed by atoms with van der Waals surface area (Å²) in [6.07, 6.45) is 5.56. The maximum Gasteiger partial charge on any atom is 0.335 e. The third-order valence-corrected chi connectivity index (χ3v) is 8.14. The second-order valence-electron chi connectivity index (χ2n) is 11.0. The molecule has 3 aromatic carbocycles. The minimum Gasteiger partial charge on any atom is -0.478 e. The molecule has 2 aliphatic carbocycles. The molecule has 2 fully saturated rings. The lowest BCUT2D eigenvalue weighted by Gasteiger charge is -2.39. The van der Waals surface area contributed by atoms with Crippen LogP contribution in [0.4, 0.5) is 5.69 Å². The summed E-state index contributed by atoms with van der Waals surface area (Å²) in [5, 5.41) is 20.5. The number of nitrogens with one attached hydrogen (secondary N) is 2. The van der Waals surface area contributed by atoms with E-state index in [1.807, 2.05) is 41.1 Å². The van der Waals surface area contributed by atoms with Crippen molar-refractivity contribution in [3.05, 3.63) is 89.6 Å². The number of carboxylic acids is 1. The average molecular weight is 551 g/mol. The summed E-state index contributed by atoms with van der Waals surface area (Å²) in [4.78, 5) is 49.8. The SMILES string of the molecule is O=C1CC(NC(=O)c2ccc3c(C4CCCCC4)n(-c4ccccc4)nc3c2)(C(=O)Nc2ccc(C(=O)O)cc2)C1. The molecular weight excluding hydrogens is 520 g/mol. The Hall–Kier alpha value is -4.79. The molecule has 41 heavy (non-hydrogen) atoms. The molecule has 0 radical (unpaired) electrons. The number of para-hydroxylation sites is 1. The van der Waals surface area contributed by atoms with E-state index < -0.39 is 23.3 Å². The highest BCUT2D eigenvalue weighted by molar-refractivity contribution is 6.12. The number of carbonyl (C=O) groups excluding carboxylic acids is 3. The van der Waals surface area contributed by atoms with E-state index in [0.717, 1.165) is 29.6 Å². The molecule has 0 unspecified atom stereocenters. The van der Waals surface area contributed by atoms with Gasteiger partial charge >= 0.3 is 5.97 Å². The highest BCUT2D eigenvalue weighted by Gasteiger charge is 2.51. The van der Waals surface area contributed by atoms with Gasteiger partial charge in [-0.3, -0.25) is 14.4 Å². The van der Waals surface area contributed by atoms with Crippen LogP contribution in [-0.2, 0) is 9.59 Å². The molecule has 2 amide bonds. The minimum absolute atomic E-state index is 0.0848. The second-order valence-corrected chi connectivity index (χ2v) is 11.0. The normalized spacial score (nSPS) is 16.6. The predicted molar refractivity (Wildman–Crippen MR) is 153 cm³/mol. The van der Waals surface area contributed by atoms with E-state index in [4.69, 9.17) is 10.2 Å². The fourth-order valence-corrected chi connectivity index (χ4v) is 5.95. The van der Waals surface area contributed by atoms with Gasteiger partial charge in [-0.25, -0.2) is 9.48 Å². The lowest BCUT2D eigenvalue weighted by atomic mass is 9.74. The molecule has 9 heteroatoms. The first-order chi connectivity index (χ1) is 19.8. The Kier molecular flexibility index (Phi) is 6.86. The van der Waals surface area contributed by atoms with Crippen LogP contribution in [-0.4, -0.2) is 44.0 Å². The molecule has 2 aliphatic rings. The maximum absolute atomic E-state index is 13.4. The zero-order valence-corrected chi connectivity index (χ0v) is 22.4. The summed E-state index contributed by atoms with van der Waals surface area (Å²) in [7, 11) is 0. The molecule has 0 saturated heterocycles. The van der Waals surface area contributed by atoms with E-state index in [2.05, 4.69) is 10.6 Å². The van der Waals surface area contributed by atoms with Crippen LogP contribution in [0.1, 0.15) is 77.3 Å². The molecule has 0 spiro atoms. The first-order valence-electron chi connectivity index (χ1n) is 13.9. The number of rotatable bonds is 7. The largest absolute Gasteiger partial charge is 0.478 e. The van der Waals surface area contributed by atoms with Crippen molar-refractivity contribution in [2.75, 3.05) is 5.32 Å². The van der Waals surface area contributed by atoms with Crippen molar-refractivity contribution in [1.29, 1.82) is 0 Å². The van der Waals surface area contributed by atoms with E-state index in [1.165, 1.54) is 43.5 Å². The van der Waals surface area contributed by atoms with E-state index in [1.54, 1.807) is 12.1 Å². The second kappa shape index (κ2) is 10.6. The van der Waals surface area contributed by atoms with Crippen LogP contribution in [0.25, 0.3) is 16.6 Å². The van der Waals surface area contributed by atoms with E-state index in [-0.39, 0.29) is 24.2 Å². The summed E-state index contributed by atoms with van der Waals surface area (Å²) < 4.78 is 2.00. The number of hydrogen-bond donors (Lipinski definition) is 3. The predicted octanol–water partition coefficient (Wildman–Crippen LogP) is 5.24. The first kappa shape index (κ1) is 26.4. The van der Waals surface area contributed by atoms with Crippen LogP contribution in [0.15, 0.2) is 72.8 Å². The van der Waals surface area contributed by atoms with Crippen LogP contribution in [0.2, 0.25) is 0 Å². The quantitative estimate of drug-likeness (QED) is 0.288. The fourth-order valence-electron chi connectivity index (χ4n) is 5.95. The Labute approximate surface area is 236 Å². The maximum atomic E-state index is 13.4. The zero-order chi connectivity index (χ0) is 28.6. The number of nitrogens with zero attached hydrogens (tertiary/aromatic N) is 2. The Morgan fingerprint density at radius 1 is 0.878 bits per heavy atom. The Balaban J connectivity index is 1.27. The van der Waals surface area contributed by atoms with Gasteiger partial charge in [-0.05, 0) is 61.4 Å². The monoisotopic (exact) mass is 550 g/mol. The molecule has 3 N–H and O–H groups in total. The molecular formula is C32H30N4O5. The van der Waals surface area contributed by atoms with E-state index in [0.29, 0.717) is 22.7 Å². The van der Waals surface area contributed by atoms with Gasteiger partial charge in [0.1, 0.15) is 11.3 Å². The molecule has 0 aliphatic heterocycles. The van der Waals surface area contributed by atoms with Crippen molar-refractivity contribution >= 4 is 40.2 Å². The van der Waals surface area contributed by atoms with Gasteiger partial charge in [0.05, 0.1) is 22.5 Å². The van der Waals surface area contributed by atoms with Gasteiger partial charge in [0.2, 0.25) is 0 Å². The van der Waals surface area contributed by atoms with Crippen LogP contribution in [0, 0.1) is 0 Å². The summed E-state index contributed by atoms with van der Waals surface area (Å²) in [6, 6.07) is 21.1. The number of aromatic nitrogens is 2. The Morgan fingerprint density at radius 3 is 2.22 bits per heavy atom. The fraction of sp³-hybridized carbons (Fsp3) is 0.281. The van der Waals surface area contributed by atoms with Crippen molar-refractivity contribution in [2.45, 2.75) is 56.4 Å². The van der Waals surface area contributed by atoms with Crippen molar-refractivity contribution in [1.82, 2.24) is 15.1 Å². The number of fused-ring (bicyclic) bond motifs is 1. The van der Waals surface area contributed by atoms with Gasteiger partial charge in [-0.2, -0.15) is 5.10 Å². The highest BCUT2D eigenvalue weighted by Crippen LogP contribution is 2.38. The molecule has 1 heterocycles. The number of anilines is 1. The van der Waals surface area contributed by atoms with Gasteiger partial charge in [0.25, 0.3) is 11.8 Å². The smallest absolute Gasteiger partial charge is 0.335 e. The zero-order valence-electron chi connectivity index (χ0n) is 22.4. The molecule has 6 rings (SSSR count). The van der Waals surface area contributed by atoms with Crippen molar-refractivity contribution in [3.8, 4) is 5.69 Å². The summed E-state index contributed by atoms with van der Waals surface area (Å²) in [5.41, 5.74) is 2.25. The van der Waals surface area contributed by atoms with Crippen LogP contribution >= 0.6 is 0 Å². The molecule has 0 bridgehead atoms. The molecule has 4 aromatic rings. The third-order valence-electron chi connectivity index (χ3n) is 8.14. The number of carbonyl (C=O) groups is 4. The molecule has 2 saturated carbocycles. The summed E-state index contributed by atoms with van der Waals surface area (Å²) >= 11 is 0. The molecule has 9 nitrogen and oxygen atoms in total. The van der Waals surface area contributed by atoms with Gasteiger partial charge < -0.3 is 15.7 Å². The standard InChI is InChI=1S/C32H30N4O5/c37-25-18-32(19-25,31(41)33-23-14-11-21(12-15-23)30(39)40)34-29(38)22-13-16-26-27(17-22)35-36(24-9-5-2-6-10-24)28(26)20-7-3-1-4-8-20/h2,5-6,9-17,20H,1,3-4,7-8,18-19H2,(H,33,41)(H,34,38)(H,39,40). The van der Waals surface area contributed by atoms with Gasteiger partial charge in [-0.15, -0.1) is 0 Å². The van der Waals surface area contributed by atoms with Crippen molar-refractivity contribution in [3.63, 3.8) is 0 Å². The number of aromatic carboxylic acids is 1. The van der Waals surface area contributed by atoms with Gasteiger partial charge in [0.15, 0.2) is 0 Å². The summed E-state index contributed by atoms with van der Waals surface area (Å²) in [6.45, 7) is 0. The Morgan fingerprint density at radius 2 is 1.56 bits per heavy atom. The van der Waals surface area contributed by atoms with Gasteiger partial charge in [0, 0.05) is 35.4 Å². The van der Waals surface area contributed by atoms with Crippen molar-refractivity contribution in [2.24, 2.45) is 0 Å². The number of amides is 2. The molecule has 0 atom stereocenters. The summed E-state index contributed by atoms with van der Waals surface area (Å²) in [5.74, 6) is -1.82. The topological polar surface area (TPSA) is 130 Å². The Bertz CT molecular complexity index is 1640. The van der Waals surface area contributed by atoms with Gasteiger partial charge in [-0.1, -0.05) is 43.5 Å². The number of ketones is 1. The van der Waals surface area contributed by atoms with Crippen molar-refractivity contribution < 1.29 is 24.3 Å². The van der Waals surface area contributed by atoms with Crippen LogP contribution < -0.4 is 10.6 Å². The minimum atomic E-state index is -1.38.